The third-order valence-electron chi connectivity index (χ3n) is 1.39. The molecular weight excluding hydrogens is 256 g/mol. The highest BCUT2D eigenvalue weighted by Gasteiger charge is 2.13. The molecule has 0 atom stereocenters. The van der Waals surface area contributed by atoms with Crippen molar-refractivity contribution in [1.29, 1.82) is 0 Å². The number of aromatic carboxylic acids is 2. The number of rotatable bonds is 2. The van der Waals surface area contributed by atoms with Crippen molar-refractivity contribution < 1.29 is 19.8 Å². The van der Waals surface area contributed by atoms with Crippen LogP contribution >= 0.6 is 0 Å². The Morgan fingerprint density at radius 2 is 0.850 bits per heavy atom. The molecule has 0 amide bonds. The second kappa shape index (κ2) is 21.4. The van der Waals surface area contributed by atoms with Crippen LogP contribution in [0.2, 0.25) is 0 Å². The van der Waals surface area contributed by atoms with Crippen molar-refractivity contribution in [3.05, 3.63) is 88.0 Å². The van der Waals surface area contributed by atoms with Gasteiger partial charge in [-0.05, 0) is 12.1 Å². The molecule has 4 heteroatoms. The van der Waals surface area contributed by atoms with Crippen molar-refractivity contribution in [3.63, 3.8) is 0 Å². The lowest BCUT2D eigenvalue weighted by Crippen LogP contribution is -2.06. The third kappa shape index (κ3) is 11.6. The van der Waals surface area contributed by atoms with Crippen LogP contribution in [0.5, 0.6) is 0 Å². The third-order valence-corrected chi connectivity index (χ3v) is 1.39. The van der Waals surface area contributed by atoms with Gasteiger partial charge in [-0.25, -0.2) is 9.59 Å². The summed E-state index contributed by atoms with van der Waals surface area (Å²) in [6.45, 7) is 24.0. The average molecular weight is 278 g/mol. The molecule has 0 aliphatic carbocycles. The SMILES string of the molecule is C=C.C=C.C=C.C=C.O=C(O)c1ccccc1C(=O)O. The van der Waals surface area contributed by atoms with Gasteiger partial charge in [0.05, 0.1) is 11.1 Å². The maximum absolute atomic E-state index is 10.5. The Kier molecular flexibility index (Phi) is 27.7. The number of carbonyl (C=O) groups is 2. The minimum absolute atomic E-state index is 0.190. The fourth-order valence-electron chi connectivity index (χ4n) is 0.856. The molecule has 0 fully saturated rings. The summed E-state index contributed by atoms with van der Waals surface area (Å²) in [6, 6.07) is 5.48. The zero-order valence-electron chi connectivity index (χ0n) is 11.7. The molecule has 4 nitrogen and oxygen atoms in total. The first-order chi connectivity index (χ1) is 9.63. The van der Waals surface area contributed by atoms with E-state index in [-0.39, 0.29) is 11.1 Å². The first kappa shape index (κ1) is 25.8. The van der Waals surface area contributed by atoms with Crippen molar-refractivity contribution in [2.45, 2.75) is 0 Å². The number of carboxylic acid groups (broad SMARTS) is 2. The normalized spacial score (nSPS) is 6.40. The van der Waals surface area contributed by atoms with Gasteiger partial charge in [-0.3, -0.25) is 0 Å². The van der Waals surface area contributed by atoms with Crippen molar-refractivity contribution >= 4 is 11.9 Å². The van der Waals surface area contributed by atoms with Crippen LogP contribution in [0.25, 0.3) is 0 Å². The van der Waals surface area contributed by atoms with Gasteiger partial charge in [-0.1, -0.05) is 12.1 Å². The molecule has 0 saturated heterocycles. The van der Waals surface area contributed by atoms with Gasteiger partial charge in [0.15, 0.2) is 0 Å². The summed E-state index contributed by atoms with van der Waals surface area (Å²) in [4.78, 5) is 20.9. The van der Waals surface area contributed by atoms with Crippen LogP contribution < -0.4 is 0 Å². The molecule has 0 heterocycles. The lowest BCUT2D eigenvalue weighted by atomic mass is 10.1. The van der Waals surface area contributed by atoms with E-state index in [1.807, 2.05) is 0 Å². The summed E-state index contributed by atoms with van der Waals surface area (Å²) >= 11 is 0. The fraction of sp³-hybridized carbons (Fsp3) is 0. The predicted octanol–water partition coefficient (Wildman–Crippen LogP) is 4.29. The lowest BCUT2D eigenvalue weighted by Gasteiger charge is -1.98. The number of benzene rings is 1. The molecule has 20 heavy (non-hydrogen) atoms. The molecular formula is C16H22O4. The van der Waals surface area contributed by atoms with Gasteiger partial charge in [0.25, 0.3) is 0 Å². The van der Waals surface area contributed by atoms with Gasteiger partial charge in [0, 0.05) is 0 Å². The monoisotopic (exact) mass is 278 g/mol. The molecule has 0 aromatic heterocycles. The van der Waals surface area contributed by atoms with Gasteiger partial charge >= 0.3 is 11.9 Å². The topological polar surface area (TPSA) is 74.6 Å². The predicted molar refractivity (Wildman–Crippen MR) is 85.4 cm³/mol. The molecule has 1 aromatic rings. The van der Waals surface area contributed by atoms with E-state index < -0.39 is 11.9 Å². The van der Waals surface area contributed by atoms with Crippen LogP contribution in [0.3, 0.4) is 0 Å². The highest BCUT2D eigenvalue weighted by atomic mass is 16.4. The van der Waals surface area contributed by atoms with Crippen LogP contribution in [0, 0.1) is 0 Å². The van der Waals surface area contributed by atoms with Gasteiger partial charge in [-0.15, -0.1) is 52.6 Å². The van der Waals surface area contributed by atoms with E-state index in [4.69, 9.17) is 10.2 Å². The van der Waals surface area contributed by atoms with Crippen LogP contribution in [-0.2, 0) is 0 Å². The second-order valence-electron chi connectivity index (χ2n) is 2.16. The molecule has 2 N–H and O–H groups in total. The van der Waals surface area contributed by atoms with Gasteiger partial charge in [0.1, 0.15) is 0 Å². The Balaban J connectivity index is -0.000000138. The molecule has 0 bridgehead atoms. The van der Waals surface area contributed by atoms with E-state index in [1.165, 1.54) is 24.3 Å². The fourth-order valence-corrected chi connectivity index (χ4v) is 0.856. The van der Waals surface area contributed by atoms with Crippen molar-refractivity contribution in [2.24, 2.45) is 0 Å². The molecule has 1 aromatic carbocycles. The molecule has 1 rings (SSSR count). The van der Waals surface area contributed by atoms with Crippen molar-refractivity contribution in [3.8, 4) is 0 Å². The maximum atomic E-state index is 10.5. The van der Waals surface area contributed by atoms with E-state index in [0.29, 0.717) is 0 Å². The van der Waals surface area contributed by atoms with E-state index in [0.717, 1.165) is 0 Å². The largest absolute Gasteiger partial charge is 0.478 e. The smallest absolute Gasteiger partial charge is 0.336 e. The average Bonchev–Trinajstić information content (AvgIpc) is 2.55. The quantitative estimate of drug-likeness (QED) is 0.791. The summed E-state index contributed by atoms with van der Waals surface area (Å²) in [5, 5.41) is 17.1. The minimum atomic E-state index is -1.23. The Bertz CT molecular complexity index is 345. The summed E-state index contributed by atoms with van der Waals surface area (Å²) in [6.07, 6.45) is 0. The zero-order chi connectivity index (χ0) is 17.1. The van der Waals surface area contributed by atoms with Crippen LogP contribution in [-0.4, -0.2) is 22.2 Å². The summed E-state index contributed by atoms with van der Waals surface area (Å²) in [7, 11) is 0. The summed E-state index contributed by atoms with van der Waals surface area (Å²) in [5.74, 6) is -2.46. The Morgan fingerprint density at radius 1 is 0.650 bits per heavy atom. The van der Waals surface area contributed by atoms with Crippen LogP contribution in [0.1, 0.15) is 20.7 Å². The van der Waals surface area contributed by atoms with E-state index in [9.17, 15) is 9.59 Å². The first-order valence-electron chi connectivity index (χ1n) is 5.18. The zero-order valence-corrected chi connectivity index (χ0v) is 11.7. The first-order valence-corrected chi connectivity index (χ1v) is 5.18. The minimum Gasteiger partial charge on any atom is -0.478 e. The molecule has 0 saturated carbocycles. The van der Waals surface area contributed by atoms with E-state index >= 15 is 0 Å². The summed E-state index contributed by atoms with van der Waals surface area (Å²) in [5.41, 5.74) is -0.380. The molecule has 0 aliphatic rings. The highest BCUT2D eigenvalue weighted by molar-refractivity contribution is 6.01. The van der Waals surface area contributed by atoms with Crippen molar-refractivity contribution in [2.75, 3.05) is 0 Å². The Labute approximate surface area is 120 Å². The van der Waals surface area contributed by atoms with Gasteiger partial charge < -0.3 is 10.2 Å². The standard InChI is InChI=1S/C8H6O4.4C2H4/c9-7(10)5-3-1-2-4-6(5)8(11)12;4*1-2/h1-4H,(H,9,10)(H,11,12);4*1-2H2. The molecule has 110 valence electrons. The van der Waals surface area contributed by atoms with Gasteiger partial charge in [-0.2, -0.15) is 0 Å². The summed E-state index contributed by atoms with van der Waals surface area (Å²) < 4.78 is 0. The van der Waals surface area contributed by atoms with Gasteiger partial charge in [0.2, 0.25) is 0 Å². The van der Waals surface area contributed by atoms with Crippen molar-refractivity contribution in [1.82, 2.24) is 0 Å². The molecule has 0 spiro atoms. The van der Waals surface area contributed by atoms with Crippen LogP contribution in [0.15, 0.2) is 76.9 Å². The molecule has 0 radical (unpaired) electrons. The Hall–Kier alpha value is -2.88. The van der Waals surface area contributed by atoms with E-state index in [2.05, 4.69) is 52.6 Å². The number of carboxylic acids is 2. The second-order valence-corrected chi connectivity index (χ2v) is 2.16. The Morgan fingerprint density at radius 3 is 1.00 bits per heavy atom. The number of hydrogen-bond acceptors (Lipinski definition) is 2. The molecule has 0 aliphatic heterocycles. The highest BCUT2D eigenvalue weighted by Crippen LogP contribution is 2.07. The van der Waals surface area contributed by atoms with E-state index in [1.54, 1.807) is 0 Å². The number of hydrogen-bond donors (Lipinski definition) is 2. The van der Waals surface area contributed by atoms with Crippen LogP contribution in [0.4, 0.5) is 0 Å². The lowest BCUT2D eigenvalue weighted by molar-refractivity contribution is 0.0651. The molecule has 0 unspecified atom stereocenters. The maximum Gasteiger partial charge on any atom is 0.336 e.